The van der Waals surface area contributed by atoms with Crippen molar-refractivity contribution < 1.29 is 22.8 Å². The van der Waals surface area contributed by atoms with E-state index in [1.807, 2.05) is 38.1 Å². The Balaban J connectivity index is 1.70. The molecule has 0 unspecified atom stereocenters. The summed E-state index contributed by atoms with van der Waals surface area (Å²) in [7, 11) is -3.91. The van der Waals surface area contributed by atoms with E-state index in [2.05, 4.69) is 5.32 Å². The van der Waals surface area contributed by atoms with Crippen LogP contribution in [0.15, 0.2) is 53.4 Å². The molecule has 1 atom stereocenters. The van der Waals surface area contributed by atoms with Gasteiger partial charge in [-0.25, -0.2) is 12.7 Å². The fraction of sp³-hybridized carbons (Fsp3) is 0.375. The standard InChI is InChI=1S/C24H29N3O5S/c1-4-25-23(29)18(3)26(16-19-10-7-9-17(2)15-19)22(28)13-8-14-27-24(30)20-11-5-6-12-21(20)33(27,31)32/h5-7,9-12,15,18H,4,8,13-14,16H2,1-3H3,(H,25,29)/t18-/m0/s1. The lowest BCUT2D eigenvalue weighted by Gasteiger charge is -2.29. The van der Waals surface area contributed by atoms with Gasteiger partial charge in [0.2, 0.25) is 11.8 Å². The quantitative estimate of drug-likeness (QED) is 0.605. The smallest absolute Gasteiger partial charge is 0.269 e. The Morgan fingerprint density at radius 2 is 1.85 bits per heavy atom. The van der Waals surface area contributed by atoms with Gasteiger partial charge in [0, 0.05) is 26.1 Å². The summed E-state index contributed by atoms with van der Waals surface area (Å²) in [6.07, 6.45) is 0.162. The summed E-state index contributed by atoms with van der Waals surface area (Å²) in [5.41, 5.74) is 2.09. The highest BCUT2D eigenvalue weighted by Crippen LogP contribution is 2.30. The third-order valence-electron chi connectivity index (χ3n) is 5.62. The van der Waals surface area contributed by atoms with Crippen LogP contribution in [0, 0.1) is 6.92 Å². The van der Waals surface area contributed by atoms with E-state index in [1.54, 1.807) is 19.1 Å². The Bertz CT molecular complexity index is 1160. The second-order valence-electron chi connectivity index (χ2n) is 8.06. The summed E-state index contributed by atoms with van der Waals surface area (Å²) in [5, 5.41) is 2.74. The van der Waals surface area contributed by atoms with E-state index in [0.717, 1.165) is 15.4 Å². The molecule has 3 amide bonds. The molecule has 0 saturated heterocycles. The van der Waals surface area contributed by atoms with E-state index in [9.17, 15) is 22.8 Å². The zero-order valence-corrected chi connectivity index (χ0v) is 19.9. The van der Waals surface area contributed by atoms with Crippen LogP contribution in [0.1, 0.15) is 48.2 Å². The normalized spacial score (nSPS) is 15.1. The molecule has 2 aromatic rings. The van der Waals surface area contributed by atoms with Crippen molar-refractivity contribution in [2.24, 2.45) is 0 Å². The first kappa shape index (κ1) is 24.4. The summed E-state index contributed by atoms with van der Waals surface area (Å²) < 4.78 is 26.2. The molecule has 176 valence electrons. The fourth-order valence-corrected chi connectivity index (χ4v) is 5.49. The van der Waals surface area contributed by atoms with Crippen LogP contribution in [0.4, 0.5) is 0 Å². The zero-order chi connectivity index (χ0) is 24.2. The van der Waals surface area contributed by atoms with Crippen molar-refractivity contribution in [3.05, 3.63) is 65.2 Å². The molecule has 0 fully saturated rings. The van der Waals surface area contributed by atoms with Gasteiger partial charge < -0.3 is 10.2 Å². The predicted octanol–water partition coefficient (Wildman–Crippen LogP) is 2.47. The molecule has 0 spiro atoms. The SMILES string of the molecule is CCNC(=O)[C@H](C)N(Cc1cccc(C)c1)C(=O)CCCN1C(=O)c2ccccc2S1(=O)=O. The Morgan fingerprint density at radius 1 is 1.12 bits per heavy atom. The summed E-state index contributed by atoms with van der Waals surface area (Å²) in [4.78, 5) is 39.6. The number of carbonyl (C=O) groups is 3. The molecular weight excluding hydrogens is 442 g/mol. The van der Waals surface area contributed by atoms with Gasteiger partial charge in [0.25, 0.3) is 15.9 Å². The molecule has 1 N–H and O–H groups in total. The number of hydrogen-bond donors (Lipinski definition) is 1. The minimum absolute atomic E-state index is 0.00516. The molecule has 2 aromatic carbocycles. The monoisotopic (exact) mass is 471 g/mol. The third kappa shape index (κ3) is 5.24. The van der Waals surface area contributed by atoms with Crippen LogP contribution in [0.3, 0.4) is 0 Å². The minimum atomic E-state index is -3.91. The van der Waals surface area contributed by atoms with Gasteiger partial charge in [0.15, 0.2) is 0 Å². The van der Waals surface area contributed by atoms with Gasteiger partial charge in [-0.15, -0.1) is 0 Å². The number of aryl methyl sites for hydroxylation is 1. The van der Waals surface area contributed by atoms with Crippen molar-refractivity contribution in [1.29, 1.82) is 0 Å². The topological polar surface area (TPSA) is 104 Å². The predicted molar refractivity (Wildman–Crippen MR) is 124 cm³/mol. The van der Waals surface area contributed by atoms with E-state index in [1.165, 1.54) is 17.0 Å². The lowest BCUT2D eigenvalue weighted by Crippen LogP contribution is -2.47. The number of likely N-dealkylation sites (N-methyl/N-ethyl adjacent to an activating group) is 1. The number of rotatable bonds is 9. The number of amides is 3. The first-order valence-electron chi connectivity index (χ1n) is 11.0. The molecular formula is C24H29N3O5S. The molecule has 0 aromatic heterocycles. The number of nitrogens with one attached hydrogen (secondary N) is 1. The molecule has 3 rings (SSSR count). The number of fused-ring (bicyclic) bond motifs is 1. The number of sulfonamides is 1. The van der Waals surface area contributed by atoms with E-state index in [4.69, 9.17) is 0 Å². The number of benzene rings is 2. The number of hydrogen-bond acceptors (Lipinski definition) is 5. The van der Waals surface area contributed by atoms with Crippen LogP contribution in [-0.2, 0) is 26.2 Å². The van der Waals surface area contributed by atoms with Crippen molar-refractivity contribution in [1.82, 2.24) is 14.5 Å². The zero-order valence-electron chi connectivity index (χ0n) is 19.1. The van der Waals surface area contributed by atoms with Crippen LogP contribution >= 0.6 is 0 Å². The second-order valence-corrected chi connectivity index (χ2v) is 9.89. The van der Waals surface area contributed by atoms with Gasteiger partial charge in [-0.2, -0.15) is 0 Å². The van der Waals surface area contributed by atoms with Gasteiger partial charge in [-0.05, 0) is 44.9 Å². The van der Waals surface area contributed by atoms with Crippen LogP contribution in [-0.4, -0.2) is 54.5 Å². The van der Waals surface area contributed by atoms with E-state index >= 15 is 0 Å². The van der Waals surface area contributed by atoms with Crippen LogP contribution in [0.5, 0.6) is 0 Å². The summed E-state index contributed by atoms with van der Waals surface area (Å²) in [6.45, 7) is 6.03. The molecule has 0 aliphatic carbocycles. The van der Waals surface area contributed by atoms with E-state index in [0.29, 0.717) is 6.54 Å². The van der Waals surface area contributed by atoms with Crippen LogP contribution in [0.25, 0.3) is 0 Å². The molecule has 33 heavy (non-hydrogen) atoms. The van der Waals surface area contributed by atoms with E-state index in [-0.39, 0.29) is 48.2 Å². The average Bonchev–Trinajstić information content (AvgIpc) is 2.98. The van der Waals surface area contributed by atoms with Crippen molar-refractivity contribution in [3.63, 3.8) is 0 Å². The first-order valence-corrected chi connectivity index (χ1v) is 12.4. The summed E-state index contributed by atoms with van der Waals surface area (Å²) >= 11 is 0. The summed E-state index contributed by atoms with van der Waals surface area (Å²) in [5.74, 6) is -1.12. The number of nitrogens with zero attached hydrogens (tertiary/aromatic N) is 2. The third-order valence-corrected chi connectivity index (χ3v) is 7.46. The van der Waals surface area contributed by atoms with Gasteiger partial charge >= 0.3 is 0 Å². The maximum atomic E-state index is 13.1. The fourth-order valence-electron chi connectivity index (χ4n) is 3.88. The minimum Gasteiger partial charge on any atom is -0.355 e. The largest absolute Gasteiger partial charge is 0.355 e. The first-order chi connectivity index (χ1) is 15.7. The molecule has 1 heterocycles. The molecule has 0 bridgehead atoms. The van der Waals surface area contributed by atoms with Gasteiger partial charge in [-0.1, -0.05) is 42.0 Å². The average molecular weight is 472 g/mol. The summed E-state index contributed by atoms with van der Waals surface area (Å²) in [6, 6.07) is 13.1. The van der Waals surface area contributed by atoms with Gasteiger partial charge in [-0.3, -0.25) is 14.4 Å². The van der Waals surface area contributed by atoms with Gasteiger partial charge in [0.1, 0.15) is 10.9 Å². The number of carbonyl (C=O) groups excluding carboxylic acids is 3. The maximum Gasteiger partial charge on any atom is 0.269 e. The van der Waals surface area contributed by atoms with Gasteiger partial charge in [0.05, 0.1) is 5.56 Å². The van der Waals surface area contributed by atoms with Crippen molar-refractivity contribution in [2.45, 2.75) is 51.1 Å². The van der Waals surface area contributed by atoms with Crippen LogP contribution in [0.2, 0.25) is 0 Å². The Hall–Kier alpha value is -3.20. The Kier molecular flexibility index (Phi) is 7.53. The second kappa shape index (κ2) is 10.2. The molecule has 8 nitrogen and oxygen atoms in total. The Labute approximate surface area is 194 Å². The molecule has 0 radical (unpaired) electrons. The molecule has 0 saturated carbocycles. The van der Waals surface area contributed by atoms with Crippen LogP contribution < -0.4 is 5.32 Å². The maximum absolute atomic E-state index is 13.1. The highest BCUT2D eigenvalue weighted by atomic mass is 32.2. The molecule has 9 heteroatoms. The lowest BCUT2D eigenvalue weighted by molar-refractivity contribution is -0.140. The van der Waals surface area contributed by atoms with Crippen molar-refractivity contribution in [2.75, 3.05) is 13.1 Å². The van der Waals surface area contributed by atoms with E-state index < -0.39 is 22.0 Å². The highest BCUT2D eigenvalue weighted by molar-refractivity contribution is 7.90. The van der Waals surface area contributed by atoms with Crippen molar-refractivity contribution in [3.8, 4) is 0 Å². The molecule has 1 aliphatic rings. The van der Waals surface area contributed by atoms with Crippen molar-refractivity contribution >= 4 is 27.7 Å². The molecule has 1 aliphatic heterocycles. The highest BCUT2D eigenvalue weighted by Gasteiger charge is 2.40. The lowest BCUT2D eigenvalue weighted by atomic mass is 10.1. The Morgan fingerprint density at radius 3 is 2.52 bits per heavy atom.